The normalized spacial score (nSPS) is 9.77. The molecule has 0 bridgehead atoms. The summed E-state index contributed by atoms with van der Waals surface area (Å²) in [6, 6.07) is 30.2. The molecule has 144 valence electrons. The monoisotopic (exact) mass is 392 g/mol. The van der Waals surface area contributed by atoms with Crippen molar-refractivity contribution in [3.63, 3.8) is 0 Å². The number of hydrogen-bond acceptors (Lipinski definition) is 0. The molecule has 31 heavy (non-hydrogen) atoms. The highest BCUT2D eigenvalue weighted by Gasteiger charge is 2.10. The summed E-state index contributed by atoms with van der Waals surface area (Å²) < 4.78 is 0. The Hall–Kier alpha value is -4.44. The molecule has 0 saturated heterocycles. The molecule has 0 amide bonds. The minimum atomic E-state index is 0.858. The van der Waals surface area contributed by atoms with Crippen molar-refractivity contribution in [2.24, 2.45) is 0 Å². The van der Waals surface area contributed by atoms with Gasteiger partial charge >= 0.3 is 0 Å². The van der Waals surface area contributed by atoms with Gasteiger partial charge in [0.05, 0.1) is 0 Å². The van der Waals surface area contributed by atoms with Crippen LogP contribution in [0.4, 0.5) is 0 Å². The average Bonchev–Trinajstić information content (AvgIpc) is 2.83. The van der Waals surface area contributed by atoms with Gasteiger partial charge in [-0.15, -0.1) is 12.8 Å². The van der Waals surface area contributed by atoms with Crippen LogP contribution in [0.25, 0.3) is 22.3 Å². The highest BCUT2D eigenvalue weighted by molar-refractivity contribution is 5.80. The number of terminal acetylenes is 2. The van der Waals surface area contributed by atoms with E-state index in [1.165, 1.54) is 0 Å². The maximum atomic E-state index is 5.75. The van der Waals surface area contributed by atoms with Gasteiger partial charge in [0.2, 0.25) is 0 Å². The first-order chi connectivity index (χ1) is 15.2. The predicted molar refractivity (Wildman–Crippen MR) is 130 cm³/mol. The second-order valence-corrected chi connectivity index (χ2v) is 7.17. The minimum Gasteiger partial charge on any atom is -0.115 e. The molecule has 0 aliphatic heterocycles. The molecule has 4 rings (SSSR count). The molecular weight excluding hydrogens is 372 g/mol. The van der Waals surface area contributed by atoms with Gasteiger partial charge < -0.3 is 0 Å². The number of rotatable bonds is 2. The summed E-state index contributed by atoms with van der Waals surface area (Å²) in [4.78, 5) is 0. The Kier molecular flexibility index (Phi) is 5.72. The smallest absolute Gasteiger partial charge is 0.0357 e. The zero-order valence-electron chi connectivity index (χ0n) is 17.3. The maximum absolute atomic E-state index is 5.75. The van der Waals surface area contributed by atoms with E-state index in [9.17, 15) is 0 Å². The number of aryl methyl sites for hydroxylation is 1. The lowest BCUT2D eigenvalue weighted by Gasteiger charge is -2.10. The second-order valence-electron chi connectivity index (χ2n) is 7.17. The maximum Gasteiger partial charge on any atom is 0.0357 e. The van der Waals surface area contributed by atoms with Gasteiger partial charge in [-0.05, 0) is 52.9 Å². The van der Waals surface area contributed by atoms with Gasteiger partial charge in [0.15, 0.2) is 0 Å². The molecule has 0 fully saturated rings. The fraction of sp³-hybridized carbons (Fsp3) is 0.0323. The van der Waals surface area contributed by atoms with Gasteiger partial charge in [0.25, 0.3) is 0 Å². The summed E-state index contributed by atoms with van der Waals surface area (Å²) >= 11 is 0. The predicted octanol–water partition coefficient (Wildman–Crippen LogP) is 6.69. The van der Waals surface area contributed by atoms with E-state index < -0.39 is 0 Å². The molecule has 4 aromatic carbocycles. The number of hydrogen-bond donors (Lipinski definition) is 0. The van der Waals surface area contributed by atoms with Crippen molar-refractivity contribution in [2.75, 3.05) is 0 Å². The van der Waals surface area contributed by atoms with Gasteiger partial charge in [-0.3, -0.25) is 0 Å². The molecule has 0 aliphatic carbocycles. The Morgan fingerprint density at radius 2 is 0.935 bits per heavy atom. The molecular formula is C31H20. The molecule has 4 aromatic rings. The van der Waals surface area contributed by atoms with E-state index in [0.717, 1.165) is 50.1 Å². The molecule has 0 atom stereocenters. The topological polar surface area (TPSA) is 0 Å². The second kappa shape index (κ2) is 8.93. The van der Waals surface area contributed by atoms with Crippen LogP contribution in [0.3, 0.4) is 0 Å². The average molecular weight is 393 g/mol. The van der Waals surface area contributed by atoms with Gasteiger partial charge in [-0.1, -0.05) is 96.5 Å². The van der Waals surface area contributed by atoms with Crippen molar-refractivity contribution < 1.29 is 0 Å². The molecule has 0 heteroatoms. The molecule has 0 N–H and O–H groups in total. The molecule has 0 heterocycles. The van der Waals surface area contributed by atoms with Crippen LogP contribution in [0, 0.1) is 43.5 Å². The van der Waals surface area contributed by atoms with Crippen LogP contribution in [0.5, 0.6) is 0 Å². The van der Waals surface area contributed by atoms with E-state index in [4.69, 9.17) is 12.8 Å². The van der Waals surface area contributed by atoms with Crippen LogP contribution in [0.1, 0.15) is 27.8 Å². The lowest BCUT2D eigenvalue weighted by molar-refractivity contribution is 1.42. The lowest BCUT2D eigenvalue weighted by Crippen LogP contribution is -1.92. The van der Waals surface area contributed by atoms with Crippen molar-refractivity contribution in [1.29, 1.82) is 0 Å². The summed E-state index contributed by atoms with van der Waals surface area (Å²) in [6.07, 6.45) is 11.5. The quantitative estimate of drug-likeness (QED) is 0.333. The highest BCUT2D eigenvalue weighted by atomic mass is 14.1. The molecule has 0 unspecified atom stereocenters. The molecule has 0 nitrogen and oxygen atoms in total. The van der Waals surface area contributed by atoms with Gasteiger partial charge in [0, 0.05) is 22.3 Å². The Morgan fingerprint density at radius 3 is 1.52 bits per heavy atom. The molecule has 0 aromatic heterocycles. The third kappa shape index (κ3) is 4.00. The fourth-order valence-corrected chi connectivity index (χ4v) is 3.70. The first kappa shape index (κ1) is 19.9. The van der Waals surface area contributed by atoms with E-state index >= 15 is 0 Å². The summed E-state index contributed by atoms with van der Waals surface area (Å²) in [5.74, 6) is 12.4. The van der Waals surface area contributed by atoms with Gasteiger partial charge in [0.1, 0.15) is 0 Å². The molecule has 0 spiro atoms. The van der Waals surface area contributed by atoms with Gasteiger partial charge in [-0.25, -0.2) is 0 Å². The van der Waals surface area contributed by atoms with Crippen molar-refractivity contribution in [2.45, 2.75) is 6.92 Å². The molecule has 0 radical (unpaired) electrons. The highest BCUT2D eigenvalue weighted by Crippen LogP contribution is 2.29. The van der Waals surface area contributed by atoms with E-state index in [0.29, 0.717) is 0 Å². The lowest BCUT2D eigenvalue weighted by atomic mass is 9.92. The summed E-state index contributed by atoms with van der Waals surface area (Å²) in [7, 11) is 0. The summed E-state index contributed by atoms with van der Waals surface area (Å²) in [5.41, 5.74) is 8.84. The Balaban J connectivity index is 1.88. The van der Waals surface area contributed by atoms with Crippen LogP contribution in [0.2, 0.25) is 0 Å². The molecule has 0 saturated carbocycles. The van der Waals surface area contributed by atoms with Crippen LogP contribution < -0.4 is 0 Å². The first-order valence-corrected chi connectivity index (χ1v) is 10.1. The van der Waals surface area contributed by atoms with Crippen molar-refractivity contribution >= 4 is 0 Å². The van der Waals surface area contributed by atoms with Gasteiger partial charge in [-0.2, -0.15) is 0 Å². The molecule has 0 aliphatic rings. The summed E-state index contributed by atoms with van der Waals surface area (Å²) in [5, 5.41) is 0. The zero-order valence-corrected chi connectivity index (χ0v) is 17.3. The number of benzene rings is 4. The van der Waals surface area contributed by atoms with E-state index in [1.54, 1.807) is 0 Å². The Bertz CT molecular complexity index is 1410. The van der Waals surface area contributed by atoms with Crippen molar-refractivity contribution in [3.8, 4) is 58.8 Å². The Morgan fingerprint density at radius 1 is 0.484 bits per heavy atom. The standard InChI is InChI=1S/C31H20/c1-4-24-14-6-9-17-28(24)30-19-11-8-16-26(30)21-22-27-23(3)13-12-20-31(27)29-18-10-7-15-25(29)5-2/h1-2,6-20H,3H3. The van der Waals surface area contributed by atoms with Crippen LogP contribution >= 0.6 is 0 Å². The minimum absolute atomic E-state index is 0.858. The fourth-order valence-electron chi connectivity index (χ4n) is 3.70. The van der Waals surface area contributed by atoms with Crippen LogP contribution in [0.15, 0.2) is 91.0 Å². The largest absolute Gasteiger partial charge is 0.115 e. The third-order valence-electron chi connectivity index (χ3n) is 5.27. The SMILES string of the molecule is C#Cc1ccccc1-c1ccccc1C#Cc1c(C)cccc1-c1ccccc1C#C. The Labute approximate surface area is 184 Å². The summed E-state index contributed by atoms with van der Waals surface area (Å²) in [6.45, 7) is 2.07. The zero-order chi connectivity index (χ0) is 21.6. The van der Waals surface area contributed by atoms with E-state index in [-0.39, 0.29) is 0 Å². The van der Waals surface area contributed by atoms with Crippen LogP contribution in [-0.4, -0.2) is 0 Å². The van der Waals surface area contributed by atoms with Crippen molar-refractivity contribution in [3.05, 3.63) is 119 Å². The van der Waals surface area contributed by atoms with E-state index in [2.05, 4.69) is 48.8 Å². The first-order valence-electron chi connectivity index (χ1n) is 10.1. The van der Waals surface area contributed by atoms with E-state index in [1.807, 2.05) is 72.8 Å². The third-order valence-corrected chi connectivity index (χ3v) is 5.27. The van der Waals surface area contributed by atoms with Crippen molar-refractivity contribution in [1.82, 2.24) is 0 Å². The van der Waals surface area contributed by atoms with Crippen LogP contribution in [-0.2, 0) is 0 Å².